The van der Waals surface area contributed by atoms with E-state index in [0.29, 0.717) is 5.44 Å². The summed E-state index contributed by atoms with van der Waals surface area (Å²) in [5.41, 5.74) is 1.64. The van der Waals surface area contributed by atoms with E-state index in [-0.39, 0.29) is 0 Å². The van der Waals surface area contributed by atoms with E-state index >= 15 is 0 Å². The summed E-state index contributed by atoms with van der Waals surface area (Å²) in [5.74, 6) is 1.14. The number of ether oxygens (including phenoxy) is 1. The summed E-state index contributed by atoms with van der Waals surface area (Å²) in [6.45, 7) is 0.911. The molecule has 1 saturated heterocycles. The molecule has 74 valence electrons. The zero-order chi connectivity index (χ0) is 9.64. The average Bonchev–Trinajstić information content (AvgIpc) is 2.72. The summed E-state index contributed by atoms with van der Waals surface area (Å²) in [4.78, 5) is 0. The van der Waals surface area contributed by atoms with Crippen LogP contribution in [-0.4, -0.2) is 17.8 Å². The second kappa shape index (κ2) is 5.23. The van der Waals surface area contributed by atoms with E-state index in [1.165, 1.54) is 5.56 Å². The maximum Gasteiger partial charge on any atom is 0.106 e. The van der Waals surface area contributed by atoms with E-state index in [1.807, 2.05) is 17.8 Å². The van der Waals surface area contributed by atoms with E-state index in [4.69, 9.17) is 4.74 Å². The monoisotopic (exact) mass is 206 g/mol. The molecule has 1 aliphatic rings. The van der Waals surface area contributed by atoms with Crippen LogP contribution in [0.25, 0.3) is 6.08 Å². The smallest absolute Gasteiger partial charge is 0.106 e. The standard InChI is InChI=1S/C12H14OS/c1-2-5-11(6-3-1)7-4-8-12-13-9-10-14-12/h1-7,12H,8-10H2. The Hall–Kier alpha value is -0.730. The first kappa shape index (κ1) is 9.81. The van der Waals surface area contributed by atoms with Gasteiger partial charge in [0.05, 0.1) is 6.61 Å². The van der Waals surface area contributed by atoms with Gasteiger partial charge >= 0.3 is 0 Å². The fourth-order valence-corrected chi connectivity index (χ4v) is 2.32. The average molecular weight is 206 g/mol. The predicted molar refractivity (Wildman–Crippen MR) is 62.3 cm³/mol. The Kier molecular flexibility index (Phi) is 3.66. The van der Waals surface area contributed by atoms with Crippen molar-refractivity contribution in [1.82, 2.24) is 0 Å². The Morgan fingerprint density at radius 2 is 2.21 bits per heavy atom. The van der Waals surface area contributed by atoms with Gasteiger partial charge < -0.3 is 4.74 Å². The molecular formula is C12H14OS. The lowest BCUT2D eigenvalue weighted by Gasteiger charge is -2.03. The molecule has 1 fully saturated rings. The lowest BCUT2D eigenvalue weighted by atomic mass is 10.2. The van der Waals surface area contributed by atoms with Crippen LogP contribution < -0.4 is 0 Å². The van der Waals surface area contributed by atoms with Crippen molar-refractivity contribution < 1.29 is 4.74 Å². The summed E-state index contributed by atoms with van der Waals surface area (Å²) < 4.78 is 5.50. The molecule has 2 rings (SSSR count). The zero-order valence-corrected chi connectivity index (χ0v) is 8.87. The quantitative estimate of drug-likeness (QED) is 0.751. The van der Waals surface area contributed by atoms with E-state index in [2.05, 4.69) is 36.4 Å². The highest BCUT2D eigenvalue weighted by molar-refractivity contribution is 7.99. The fourth-order valence-electron chi connectivity index (χ4n) is 1.42. The number of thioether (sulfide) groups is 1. The maximum atomic E-state index is 5.50. The molecule has 0 saturated carbocycles. The fraction of sp³-hybridized carbons (Fsp3) is 0.333. The SMILES string of the molecule is C(=Cc1ccccc1)CC1OCCS1. The number of hydrogen-bond donors (Lipinski definition) is 0. The minimum atomic E-state index is 0.384. The largest absolute Gasteiger partial charge is 0.366 e. The van der Waals surface area contributed by atoms with Gasteiger partial charge in [-0.05, 0) is 5.56 Å². The highest BCUT2D eigenvalue weighted by Gasteiger charge is 2.13. The van der Waals surface area contributed by atoms with Crippen molar-refractivity contribution in [1.29, 1.82) is 0 Å². The Morgan fingerprint density at radius 3 is 2.93 bits per heavy atom. The van der Waals surface area contributed by atoms with Crippen molar-refractivity contribution in [2.75, 3.05) is 12.4 Å². The summed E-state index contributed by atoms with van der Waals surface area (Å²) in [6, 6.07) is 10.4. The van der Waals surface area contributed by atoms with Gasteiger partial charge in [-0.25, -0.2) is 0 Å². The maximum absolute atomic E-state index is 5.50. The zero-order valence-electron chi connectivity index (χ0n) is 8.06. The van der Waals surface area contributed by atoms with Gasteiger partial charge in [0.15, 0.2) is 0 Å². The first-order valence-corrected chi connectivity index (χ1v) is 5.95. The molecule has 0 radical (unpaired) electrons. The molecule has 1 aromatic carbocycles. The van der Waals surface area contributed by atoms with Crippen LogP contribution in [0.5, 0.6) is 0 Å². The molecule has 0 N–H and O–H groups in total. The molecule has 14 heavy (non-hydrogen) atoms. The van der Waals surface area contributed by atoms with Crippen LogP contribution in [0.4, 0.5) is 0 Å². The summed E-state index contributed by atoms with van der Waals surface area (Å²) in [5, 5.41) is 0. The second-order valence-corrected chi connectivity index (χ2v) is 4.49. The van der Waals surface area contributed by atoms with E-state index in [9.17, 15) is 0 Å². The number of benzene rings is 1. The van der Waals surface area contributed by atoms with Crippen LogP contribution in [0.15, 0.2) is 36.4 Å². The summed E-state index contributed by atoms with van der Waals surface area (Å²) in [7, 11) is 0. The van der Waals surface area contributed by atoms with Crippen molar-refractivity contribution in [3.63, 3.8) is 0 Å². The highest BCUT2D eigenvalue weighted by Crippen LogP contribution is 2.23. The molecule has 0 aromatic heterocycles. The summed E-state index contributed by atoms with van der Waals surface area (Å²) >= 11 is 1.90. The topological polar surface area (TPSA) is 9.23 Å². The van der Waals surface area contributed by atoms with Gasteiger partial charge in [0.1, 0.15) is 5.44 Å². The van der Waals surface area contributed by atoms with Crippen LogP contribution in [-0.2, 0) is 4.74 Å². The Bertz CT molecular complexity index is 288. The van der Waals surface area contributed by atoms with Crippen LogP contribution >= 0.6 is 11.8 Å². The number of rotatable bonds is 3. The molecule has 2 heteroatoms. The minimum absolute atomic E-state index is 0.384. The molecule has 0 bridgehead atoms. The second-order valence-electron chi connectivity index (χ2n) is 3.22. The summed E-state index contributed by atoms with van der Waals surface area (Å²) in [6.07, 6.45) is 5.36. The molecule has 1 heterocycles. The van der Waals surface area contributed by atoms with Gasteiger partial charge in [-0.15, -0.1) is 11.8 Å². The third-order valence-corrected chi connectivity index (χ3v) is 3.23. The molecule has 1 nitrogen and oxygen atoms in total. The van der Waals surface area contributed by atoms with Crippen molar-refractivity contribution in [3.05, 3.63) is 42.0 Å². The van der Waals surface area contributed by atoms with Gasteiger partial charge in [0.25, 0.3) is 0 Å². The van der Waals surface area contributed by atoms with Gasteiger partial charge in [0, 0.05) is 12.2 Å². The first-order chi connectivity index (χ1) is 6.95. The van der Waals surface area contributed by atoms with E-state index in [0.717, 1.165) is 18.8 Å². The molecule has 1 aromatic rings. The Balaban J connectivity index is 1.82. The molecule has 1 atom stereocenters. The molecule has 1 aliphatic heterocycles. The van der Waals surface area contributed by atoms with E-state index < -0.39 is 0 Å². The third-order valence-electron chi connectivity index (χ3n) is 2.13. The van der Waals surface area contributed by atoms with Crippen molar-refractivity contribution in [2.45, 2.75) is 11.9 Å². The highest BCUT2D eigenvalue weighted by atomic mass is 32.2. The lowest BCUT2D eigenvalue weighted by molar-refractivity contribution is 0.145. The third kappa shape index (κ3) is 2.89. The predicted octanol–water partition coefficient (Wildman–Crippen LogP) is 3.18. The molecule has 0 aliphatic carbocycles. The van der Waals surface area contributed by atoms with Gasteiger partial charge in [-0.3, -0.25) is 0 Å². The van der Waals surface area contributed by atoms with Crippen molar-refractivity contribution in [2.24, 2.45) is 0 Å². The lowest BCUT2D eigenvalue weighted by Crippen LogP contribution is -1.97. The Morgan fingerprint density at radius 1 is 1.36 bits per heavy atom. The van der Waals surface area contributed by atoms with Crippen molar-refractivity contribution in [3.8, 4) is 0 Å². The normalized spacial score (nSPS) is 21.9. The minimum Gasteiger partial charge on any atom is -0.366 e. The van der Waals surface area contributed by atoms with Gasteiger partial charge in [-0.2, -0.15) is 0 Å². The molecule has 1 unspecified atom stereocenters. The van der Waals surface area contributed by atoms with Crippen molar-refractivity contribution >= 4 is 17.8 Å². The van der Waals surface area contributed by atoms with Gasteiger partial charge in [-0.1, -0.05) is 42.5 Å². The Labute approximate surface area is 89.2 Å². The van der Waals surface area contributed by atoms with Crippen LogP contribution in [0.2, 0.25) is 0 Å². The number of hydrogen-bond acceptors (Lipinski definition) is 2. The van der Waals surface area contributed by atoms with Crippen LogP contribution in [0.1, 0.15) is 12.0 Å². The molecule has 0 spiro atoms. The molecular weight excluding hydrogens is 192 g/mol. The first-order valence-electron chi connectivity index (χ1n) is 4.90. The van der Waals surface area contributed by atoms with E-state index in [1.54, 1.807) is 0 Å². The molecule has 0 amide bonds. The van der Waals surface area contributed by atoms with Crippen LogP contribution in [0, 0.1) is 0 Å². The van der Waals surface area contributed by atoms with Crippen LogP contribution in [0.3, 0.4) is 0 Å². The van der Waals surface area contributed by atoms with Gasteiger partial charge in [0.2, 0.25) is 0 Å².